The van der Waals surface area contributed by atoms with Gasteiger partial charge in [0.25, 0.3) is 0 Å². The van der Waals surface area contributed by atoms with Crippen LogP contribution in [0.25, 0.3) is 0 Å². The van der Waals surface area contributed by atoms with Gasteiger partial charge >= 0.3 is 0 Å². The minimum absolute atomic E-state index is 0.0683. The molecule has 1 saturated carbocycles. The first-order valence-electron chi connectivity index (χ1n) is 3.82. The monoisotopic (exact) mass is 169 g/mol. The average molecular weight is 169 g/mol. The standard InChI is InChI=1S/C6H11N5O/c1-11-9-5(8-10-11)6(12)2-4(7)3-6/h4,12H,2-3,7H2,1H3. The van der Waals surface area contributed by atoms with Crippen LogP contribution in [0.2, 0.25) is 0 Å². The third-order valence-corrected chi connectivity index (χ3v) is 2.12. The summed E-state index contributed by atoms with van der Waals surface area (Å²) >= 11 is 0. The highest BCUT2D eigenvalue weighted by atomic mass is 16.3. The fourth-order valence-electron chi connectivity index (χ4n) is 1.46. The summed E-state index contributed by atoms with van der Waals surface area (Å²) in [5.41, 5.74) is 4.63. The zero-order valence-corrected chi connectivity index (χ0v) is 6.80. The highest BCUT2D eigenvalue weighted by Gasteiger charge is 2.45. The highest BCUT2D eigenvalue weighted by molar-refractivity contribution is 5.07. The summed E-state index contributed by atoms with van der Waals surface area (Å²) in [5, 5.41) is 21.1. The van der Waals surface area contributed by atoms with E-state index in [-0.39, 0.29) is 6.04 Å². The van der Waals surface area contributed by atoms with Gasteiger partial charge in [-0.15, -0.1) is 10.2 Å². The summed E-state index contributed by atoms with van der Waals surface area (Å²) in [6.07, 6.45) is 1.05. The van der Waals surface area contributed by atoms with Crippen molar-refractivity contribution in [3.8, 4) is 0 Å². The Morgan fingerprint density at radius 2 is 2.33 bits per heavy atom. The van der Waals surface area contributed by atoms with E-state index in [1.54, 1.807) is 7.05 Å². The van der Waals surface area contributed by atoms with Gasteiger partial charge in [-0.05, 0) is 18.1 Å². The summed E-state index contributed by atoms with van der Waals surface area (Å²) in [7, 11) is 1.67. The van der Waals surface area contributed by atoms with Crippen LogP contribution in [0.15, 0.2) is 0 Å². The fraction of sp³-hybridized carbons (Fsp3) is 0.833. The summed E-state index contributed by atoms with van der Waals surface area (Å²) in [4.78, 5) is 1.33. The van der Waals surface area contributed by atoms with E-state index in [2.05, 4.69) is 15.4 Å². The Hall–Kier alpha value is -1.01. The van der Waals surface area contributed by atoms with Crippen molar-refractivity contribution in [2.24, 2.45) is 12.8 Å². The number of hydrogen-bond donors (Lipinski definition) is 2. The van der Waals surface area contributed by atoms with Crippen molar-refractivity contribution in [2.45, 2.75) is 24.5 Å². The van der Waals surface area contributed by atoms with Gasteiger partial charge in [-0.1, -0.05) is 0 Å². The molecule has 0 saturated heterocycles. The van der Waals surface area contributed by atoms with Gasteiger partial charge in [0.1, 0.15) is 5.60 Å². The number of aliphatic hydroxyl groups is 1. The number of aryl methyl sites for hydroxylation is 1. The zero-order chi connectivity index (χ0) is 8.77. The Morgan fingerprint density at radius 1 is 1.67 bits per heavy atom. The third kappa shape index (κ3) is 0.997. The molecule has 0 unspecified atom stereocenters. The lowest BCUT2D eigenvalue weighted by atomic mass is 9.76. The second kappa shape index (κ2) is 2.24. The molecule has 0 bridgehead atoms. The number of rotatable bonds is 1. The van der Waals surface area contributed by atoms with Crippen LogP contribution >= 0.6 is 0 Å². The van der Waals surface area contributed by atoms with Crippen LogP contribution in [-0.4, -0.2) is 31.4 Å². The van der Waals surface area contributed by atoms with Crippen LogP contribution in [0.3, 0.4) is 0 Å². The van der Waals surface area contributed by atoms with Gasteiger partial charge in [-0.25, -0.2) is 0 Å². The molecule has 1 heterocycles. The molecule has 0 aliphatic heterocycles. The Labute approximate surface area is 69.4 Å². The van der Waals surface area contributed by atoms with Crippen LogP contribution in [0, 0.1) is 0 Å². The van der Waals surface area contributed by atoms with Gasteiger partial charge < -0.3 is 10.8 Å². The maximum Gasteiger partial charge on any atom is 0.206 e. The van der Waals surface area contributed by atoms with Crippen molar-refractivity contribution in [3.63, 3.8) is 0 Å². The van der Waals surface area contributed by atoms with Gasteiger partial charge in [0.15, 0.2) is 0 Å². The lowest BCUT2D eigenvalue weighted by molar-refractivity contribution is -0.0600. The fourth-order valence-corrected chi connectivity index (χ4v) is 1.46. The van der Waals surface area contributed by atoms with Crippen molar-refractivity contribution >= 4 is 0 Å². The molecule has 0 radical (unpaired) electrons. The largest absolute Gasteiger partial charge is 0.382 e. The molecule has 0 spiro atoms. The molecule has 1 aliphatic rings. The molecule has 6 heteroatoms. The molecule has 2 rings (SSSR count). The lowest BCUT2D eigenvalue weighted by Gasteiger charge is -2.38. The number of aromatic nitrogens is 4. The van der Waals surface area contributed by atoms with Crippen molar-refractivity contribution in [1.82, 2.24) is 20.2 Å². The van der Waals surface area contributed by atoms with Gasteiger partial charge in [-0.3, -0.25) is 0 Å². The molecule has 0 amide bonds. The smallest absolute Gasteiger partial charge is 0.206 e. The maximum absolute atomic E-state index is 9.81. The molecule has 1 aromatic rings. The first-order chi connectivity index (χ1) is 5.60. The number of nitrogens with two attached hydrogens (primary N) is 1. The molecule has 0 aromatic carbocycles. The quantitative estimate of drug-likeness (QED) is 0.535. The molecule has 1 fully saturated rings. The van der Waals surface area contributed by atoms with Crippen LogP contribution in [-0.2, 0) is 12.6 Å². The van der Waals surface area contributed by atoms with Gasteiger partial charge in [0.05, 0.1) is 7.05 Å². The van der Waals surface area contributed by atoms with E-state index in [4.69, 9.17) is 5.73 Å². The average Bonchev–Trinajstić information content (AvgIpc) is 2.33. The molecular weight excluding hydrogens is 158 g/mol. The van der Waals surface area contributed by atoms with Gasteiger partial charge in [-0.2, -0.15) is 4.80 Å². The van der Waals surface area contributed by atoms with E-state index in [0.717, 1.165) is 0 Å². The molecule has 0 atom stereocenters. The maximum atomic E-state index is 9.81. The summed E-state index contributed by atoms with van der Waals surface area (Å²) < 4.78 is 0. The summed E-state index contributed by atoms with van der Waals surface area (Å²) in [6, 6.07) is 0.0683. The third-order valence-electron chi connectivity index (χ3n) is 2.12. The molecular formula is C6H11N5O. The SMILES string of the molecule is Cn1nnc(C2(O)CC(N)C2)n1. The second-order valence-corrected chi connectivity index (χ2v) is 3.30. The molecule has 66 valence electrons. The Balaban J connectivity index is 2.20. The second-order valence-electron chi connectivity index (χ2n) is 3.30. The van der Waals surface area contributed by atoms with E-state index in [0.29, 0.717) is 18.7 Å². The van der Waals surface area contributed by atoms with Crippen LogP contribution in [0.4, 0.5) is 0 Å². The Kier molecular flexibility index (Phi) is 1.42. The number of tetrazole rings is 1. The zero-order valence-electron chi connectivity index (χ0n) is 6.80. The van der Waals surface area contributed by atoms with Gasteiger partial charge in [0.2, 0.25) is 5.82 Å². The predicted octanol–water partition coefficient (Wildman–Crippen LogP) is -1.48. The topological polar surface area (TPSA) is 89.8 Å². The summed E-state index contributed by atoms with van der Waals surface area (Å²) in [6.45, 7) is 0. The minimum Gasteiger partial charge on any atom is -0.382 e. The van der Waals surface area contributed by atoms with E-state index < -0.39 is 5.60 Å². The Morgan fingerprint density at radius 3 is 2.75 bits per heavy atom. The normalized spacial score (nSPS) is 34.8. The first kappa shape index (κ1) is 7.63. The molecule has 3 N–H and O–H groups in total. The summed E-state index contributed by atoms with van der Waals surface area (Å²) in [5.74, 6) is 0.381. The van der Waals surface area contributed by atoms with E-state index in [1.165, 1.54) is 4.80 Å². The van der Waals surface area contributed by atoms with Crippen molar-refractivity contribution in [1.29, 1.82) is 0 Å². The van der Waals surface area contributed by atoms with E-state index >= 15 is 0 Å². The molecule has 1 aromatic heterocycles. The predicted molar refractivity (Wildman–Crippen MR) is 39.9 cm³/mol. The number of hydrogen-bond acceptors (Lipinski definition) is 5. The van der Waals surface area contributed by atoms with Gasteiger partial charge in [0, 0.05) is 6.04 Å². The van der Waals surface area contributed by atoms with Crippen LogP contribution in [0.1, 0.15) is 18.7 Å². The van der Waals surface area contributed by atoms with Crippen molar-refractivity contribution in [2.75, 3.05) is 0 Å². The van der Waals surface area contributed by atoms with E-state index in [1.807, 2.05) is 0 Å². The number of nitrogens with zero attached hydrogens (tertiary/aromatic N) is 4. The first-order valence-corrected chi connectivity index (χ1v) is 3.82. The van der Waals surface area contributed by atoms with Crippen molar-refractivity contribution < 1.29 is 5.11 Å². The lowest BCUT2D eigenvalue weighted by Crippen LogP contribution is -2.49. The van der Waals surface area contributed by atoms with Crippen molar-refractivity contribution in [3.05, 3.63) is 5.82 Å². The highest BCUT2D eigenvalue weighted by Crippen LogP contribution is 2.37. The minimum atomic E-state index is -0.923. The molecule has 6 nitrogen and oxygen atoms in total. The van der Waals surface area contributed by atoms with E-state index in [9.17, 15) is 5.11 Å². The Bertz CT molecular complexity index is 290. The van der Waals surface area contributed by atoms with Crippen LogP contribution in [0.5, 0.6) is 0 Å². The molecule has 12 heavy (non-hydrogen) atoms. The molecule has 1 aliphatic carbocycles. The van der Waals surface area contributed by atoms with Crippen LogP contribution < -0.4 is 5.73 Å².